The zero-order valence-corrected chi connectivity index (χ0v) is 11.2. The average Bonchev–Trinajstić information content (AvgIpc) is 2.39. The van der Waals surface area contributed by atoms with E-state index in [9.17, 15) is 9.50 Å². The maximum absolute atomic E-state index is 13.6. The number of β-amino-alcohol motifs (C(OH)–C–C–N with tert-alkyl or cyclic N) is 1. The van der Waals surface area contributed by atoms with Crippen molar-refractivity contribution in [3.8, 4) is 0 Å². The number of aryl methyl sites for hydroxylation is 1. The van der Waals surface area contributed by atoms with Crippen molar-refractivity contribution in [3.63, 3.8) is 0 Å². The number of morpholine rings is 1. The van der Waals surface area contributed by atoms with E-state index in [0.29, 0.717) is 32.0 Å². The Balaban J connectivity index is 1.77. The highest BCUT2D eigenvalue weighted by Crippen LogP contribution is 2.15. The minimum Gasteiger partial charge on any atom is -0.390 e. The molecule has 0 bridgehead atoms. The van der Waals surface area contributed by atoms with Crippen LogP contribution in [0.3, 0.4) is 0 Å². The van der Waals surface area contributed by atoms with Crippen LogP contribution in [0.5, 0.6) is 0 Å². The summed E-state index contributed by atoms with van der Waals surface area (Å²) in [6.07, 6.45) is -0.515. The number of nitrogens with one attached hydrogen (secondary N) is 1. The van der Waals surface area contributed by atoms with Crippen molar-refractivity contribution in [2.75, 3.05) is 44.7 Å². The van der Waals surface area contributed by atoms with Crippen LogP contribution in [-0.2, 0) is 4.74 Å². The highest BCUT2D eigenvalue weighted by molar-refractivity contribution is 5.46. The molecule has 5 heteroatoms. The Bertz CT molecular complexity index is 408. The monoisotopic (exact) mass is 268 g/mol. The largest absolute Gasteiger partial charge is 0.390 e. The summed E-state index contributed by atoms with van der Waals surface area (Å²) >= 11 is 0. The summed E-state index contributed by atoms with van der Waals surface area (Å²) in [6, 6.07) is 5.03. The molecule has 2 N–H and O–H groups in total. The van der Waals surface area contributed by atoms with Crippen molar-refractivity contribution in [2.24, 2.45) is 0 Å². The molecule has 0 spiro atoms. The fourth-order valence-electron chi connectivity index (χ4n) is 2.14. The molecule has 1 aromatic rings. The highest BCUT2D eigenvalue weighted by atomic mass is 19.1. The van der Waals surface area contributed by atoms with E-state index in [1.165, 1.54) is 6.07 Å². The fourth-order valence-corrected chi connectivity index (χ4v) is 2.14. The quantitative estimate of drug-likeness (QED) is 0.843. The van der Waals surface area contributed by atoms with Crippen molar-refractivity contribution in [1.29, 1.82) is 0 Å². The maximum atomic E-state index is 13.6. The Morgan fingerprint density at radius 1 is 1.42 bits per heavy atom. The summed E-state index contributed by atoms with van der Waals surface area (Å²) in [4.78, 5) is 2.15. The first kappa shape index (κ1) is 14.2. The van der Waals surface area contributed by atoms with Crippen molar-refractivity contribution in [3.05, 3.63) is 29.6 Å². The fraction of sp³-hybridized carbons (Fsp3) is 0.571. The van der Waals surface area contributed by atoms with Crippen molar-refractivity contribution >= 4 is 5.69 Å². The van der Waals surface area contributed by atoms with Gasteiger partial charge in [-0.2, -0.15) is 0 Å². The Kier molecular flexibility index (Phi) is 5.13. The van der Waals surface area contributed by atoms with Crippen LogP contribution in [0.4, 0.5) is 10.1 Å². The lowest BCUT2D eigenvalue weighted by atomic mass is 10.2. The van der Waals surface area contributed by atoms with E-state index in [1.54, 1.807) is 6.07 Å². The van der Waals surface area contributed by atoms with Crippen molar-refractivity contribution in [2.45, 2.75) is 13.0 Å². The molecule has 1 unspecified atom stereocenters. The third-order valence-corrected chi connectivity index (χ3v) is 3.23. The van der Waals surface area contributed by atoms with Crippen molar-refractivity contribution in [1.82, 2.24) is 4.90 Å². The summed E-state index contributed by atoms with van der Waals surface area (Å²) in [5.74, 6) is -0.279. The number of aliphatic hydroxyl groups is 1. The third-order valence-electron chi connectivity index (χ3n) is 3.23. The zero-order chi connectivity index (χ0) is 13.7. The molecule has 1 aromatic carbocycles. The number of halogens is 1. The number of benzene rings is 1. The highest BCUT2D eigenvalue weighted by Gasteiger charge is 2.15. The predicted molar refractivity (Wildman–Crippen MR) is 72.9 cm³/mol. The second-order valence-electron chi connectivity index (χ2n) is 4.93. The van der Waals surface area contributed by atoms with E-state index < -0.39 is 6.10 Å². The van der Waals surface area contributed by atoms with Gasteiger partial charge in [0.1, 0.15) is 5.82 Å². The van der Waals surface area contributed by atoms with Gasteiger partial charge in [0.2, 0.25) is 0 Å². The molecule has 1 saturated heterocycles. The van der Waals surface area contributed by atoms with Gasteiger partial charge in [0.25, 0.3) is 0 Å². The minimum absolute atomic E-state index is 0.279. The second kappa shape index (κ2) is 6.84. The topological polar surface area (TPSA) is 44.7 Å². The SMILES string of the molecule is Cc1ccc(NCC(O)CN2CCOCC2)c(F)c1. The van der Waals surface area contributed by atoms with E-state index in [4.69, 9.17) is 4.74 Å². The van der Waals surface area contributed by atoms with Gasteiger partial charge in [-0.25, -0.2) is 4.39 Å². The van der Waals surface area contributed by atoms with Crippen LogP contribution < -0.4 is 5.32 Å². The Morgan fingerprint density at radius 2 is 2.16 bits per heavy atom. The average molecular weight is 268 g/mol. The van der Waals surface area contributed by atoms with E-state index in [1.807, 2.05) is 13.0 Å². The minimum atomic E-state index is -0.515. The zero-order valence-electron chi connectivity index (χ0n) is 11.2. The second-order valence-corrected chi connectivity index (χ2v) is 4.93. The van der Waals surface area contributed by atoms with Crippen molar-refractivity contribution < 1.29 is 14.2 Å². The molecule has 1 aliphatic heterocycles. The van der Waals surface area contributed by atoms with E-state index in [0.717, 1.165) is 18.7 Å². The molecule has 1 aliphatic rings. The number of hydrogen-bond acceptors (Lipinski definition) is 4. The van der Waals surface area contributed by atoms with E-state index in [-0.39, 0.29) is 5.82 Å². The molecule has 0 radical (unpaired) electrons. The third kappa shape index (κ3) is 4.45. The summed E-state index contributed by atoms with van der Waals surface area (Å²) in [5, 5.41) is 12.9. The molecule has 0 saturated carbocycles. The summed E-state index contributed by atoms with van der Waals surface area (Å²) in [5.41, 5.74) is 1.32. The Hall–Kier alpha value is -1.17. The molecule has 1 atom stereocenters. The van der Waals surface area contributed by atoms with Crippen LogP contribution in [0, 0.1) is 12.7 Å². The van der Waals surface area contributed by atoms with E-state index >= 15 is 0 Å². The lowest BCUT2D eigenvalue weighted by Crippen LogP contribution is -2.42. The van der Waals surface area contributed by atoms with Gasteiger partial charge in [-0.3, -0.25) is 4.90 Å². The van der Waals surface area contributed by atoms with Crippen LogP contribution in [-0.4, -0.2) is 55.5 Å². The number of ether oxygens (including phenoxy) is 1. The smallest absolute Gasteiger partial charge is 0.146 e. The van der Waals surface area contributed by atoms with Gasteiger partial charge in [0, 0.05) is 26.2 Å². The molecular formula is C14H21FN2O2. The number of anilines is 1. The Labute approximate surface area is 113 Å². The van der Waals surface area contributed by atoms with Gasteiger partial charge in [-0.1, -0.05) is 6.07 Å². The number of aliphatic hydroxyl groups excluding tert-OH is 1. The van der Waals surface area contributed by atoms with Gasteiger partial charge in [-0.15, -0.1) is 0 Å². The first-order valence-corrected chi connectivity index (χ1v) is 6.63. The van der Waals surface area contributed by atoms with Crippen LogP contribution >= 0.6 is 0 Å². The molecule has 1 heterocycles. The van der Waals surface area contributed by atoms with Gasteiger partial charge < -0.3 is 15.2 Å². The van der Waals surface area contributed by atoms with Crippen LogP contribution in [0.25, 0.3) is 0 Å². The number of rotatable bonds is 5. The first-order valence-electron chi connectivity index (χ1n) is 6.63. The summed E-state index contributed by atoms with van der Waals surface area (Å²) in [6.45, 7) is 5.90. The molecule has 19 heavy (non-hydrogen) atoms. The molecule has 106 valence electrons. The Morgan fingerprint density at radius 3 is 2.84 bits per heavy atom. The molecule has 4 nitrogen and oxygen atoms in total. The molecule has 1 fully saturated rings. The first-order chi connectivity index (χ1) is 9.15. The van der Waals surface area contributed by atoms with E-state index in [2.05, 4.69) is 10.2 Å². The van der Waals surface area contributed by atoms with Gasteiger partial charge in [-0.05, 0) is 24.6 Å². The number of hydrogen-bond donors (Lipinski definition) is 2. The van der Waals surface area contributed by atoms with Gasteiger partial charge in [0.15, 0.2) is 0 Å². The molecule has 0 aromatic heterocycles. The maximum Gasteiger partial charge on any atom is 0.146 e. The molecule has 0 aliphatic carbocycles. The van der Waals surface area contributed by atoms with Crippen LogP contribution in [0.2, 0.25) is 0 Å². The number of nitrogens with zero attached hydrogens (tertiary/aromatic N) is 1. The lowest BCUT2D eigenvalue weighted by molar-refractivity contribution is 0.0171. The standard InChI is InChI=1S/C14H21FN2O2/c1-11-2-3-14(13(15)8-11)16-9-12(18)10-17-4-6-19-7-5-17/h2-3,8,12,16,18H,4-7,9-10H2,1H3. The predicted octanol–water partition coefficient (Wildman–Crippen LogP) is 1.24. The molecule has 2 rings (SSSR count). The lowest BCUT2D eigenvalue weighted by Gasteiger charge is -2.28. The summed E-state index contributed by atoms with van der Waals surface area (Å²) in [7, 11) is 0. The summed E-state index contributed by atoms with van der Waals surface area (Å²) < 4.78 is 18.8. The van der Waals surface area contributed by atoms with Crippen LogP contribution in [0.15, 0.2) is 18.2 Å². The van der Waals surface area contributed by atoms with Gasteiger partial charge >= 0.3 is 0 Å². The molecule has 0 amide bonds. The van der Waals surface area contributed by atoms with Crippen LogP contribution in [0.1, 0.15) is 5.56 Å². The molecular weight excluding hydrogens is 247 g/mol. The van der Waals surface area contributed by atoms with Gasteiger partial charge in [0.05, 0.1) is 25.0 Å². The normalized spacial score (nSPS) is 18.3.